The van der Waals surface area contributed by atoms with Gasteiger partial charge in [0.25, 0.3) is 11.8 Å². The number of oxime groups is 1. The van der Waals surface area contributed by atoms with E-state index in [-0.39, 0.29) is 22.2 Å². The first-order valence-electron chi connectivity index (χ1n) is 8.06. The predicted octanol–water partition coefficient (Wildman–Crippen LogP) is -0.195. The number of rotatable bonds is 7. The van der Waals surface area contributed by atoms with E-state index in [1.807, 2.05) is 0 Å². The van der Waals surface area contributed by atoms with Crippen LogP contribution in [0, 0.1) is 0 Å². The van der Waals surface area contributed by atoms with Crippen LogP contribution in [0.4, 0.5) is 5.13 Å². The number of carbonyl (C=O) groups is 3. The molecule has 2 atom stereocenters. The number of hydrogen-bond acceptors (Lipinski definition) is 11. The Morgan fingerprint density at radius 2 is 2.28 bits per heavy atom. The van der Waals surface area contributed by atoms with Crippen LogP contribution in [0.15, 0.2) is 32.6 Å². The monoisotopic (exact) mass is 456 g/mol. The Morgan fingerprint density at radius 3 is 2.86 bits per heavy atom. The molecule has 7 N–H and O–H groups in total. The average molecular weight is 457 g/mol. The fraction of sp³-hybridized carbons (Fsp3) is 0.267. The molecule has 0 aromatic carbocycles. The van der Waals surface area contributed by atoms with Gasteiger partial charge in [-0.15, -0.1) is 23.1 Å². The van der Waals surface area contributed by atoms with Crippen LogP contribution in [-0.2, 0) is 14.4 Å². The van der Waals surface area contributed by atoms with Crippen LogP contribution < -0.4 is 16.8 Å². The van der Waals surface area contributed by atoms with E-state index in [1.54, 1.807) is 11.5 Å². The normalized spacial score (nSPS) is 21.9. The standard InChI is InChI=1S/C15H16N6O5S3/c16-2-1-3-27-7-5-28-13-9(12(23)21(13)10(7)14(24)25)19-11(22)8(20-26)6-4-29-15(17)18-6/h1,3-4,9,13,26H,2,5,16H2,(H2,17,18)(H,19,22)(H,24,25)/b3-1+,20-8-/t9?,13-/m1/s1. The van der Waals surface area contributed by atoms with Gasteiger partial charge in [0.1, 0.15) is 22.8 Å². The zero-order chi connectivity index (χ0) is 21.1. The summed E-state index contributed by atoms with van der Waals surface area (Å²) in [4.78, 5) is 42.3. The van der Waals surface area contributed by atoms with E-state index in [0.29, 0.717) is 17.2 Å². The fourth-order valence-electron chi connectivity index (χ4n) is 2.69. The highest BCUT2D eigenvalue weighted by Gasteiger charge is 2.54. The number of β-lactam (4-membered cyclic amide) rings is 1. The van der Waals surface area contributed by atoms with Crippen molar-refractivity contribution in [1.82, 2.24) is 15.2 Å². The molecule has 1 fully saturated rings. The van der Waals surface area contributed by atoms with Crippen molar-refractivity contribution < 1.29 is 24.7 Å². The summed E-state index contributed by atoms with van der Waals surface area (Å²) in [6, 6.07) is -0.958. The lowest BCUT2D eigenvalue weighted by atomic mass is 10.0. The number of nitrogens with two attached hydrogens (primary N) is 2. The van der Waals surface area contributed by atoms with Gasteiger partial charge in [0.2, 0.25) is 0 Å². The van der Waals surface area contributed by atoms with Crippen LogP contribution >= 0.6 is 34.9 Å². The highest BCUT2D eigenvalue weighted by Crippen LogP contribution is 2.43. The molecular weight excluding hydrogens is 440 g/mol. The molecule has 0 radical (unpaired) electrons. The Balaban J connectivity index is 1.76. The second kappa shape index (κ2) is 8.86. The summed E-state index contributed by atoms with van der Waals surface area (Å²) in [7, 11) is 0. The van der Waals surface area contributed by atoms with Gasteiger partial charge in [0, 0.05) is 22.6 Å². The Hall–Kier alpha value is -2.55. The number of aromatic nitrogens is 1. The first kappa shape index (κ1) is 21.2. The summed E-state index contributed by atoms with van der Waals surface area (Å²) in [6.07, 6.45) is 1.68. The molecule has 2 aliphatic rings. The van der Waals surface area contributed by atoms with Crippen molar-refractivity contribution in [3.05, 3.63) is 33.2 Å². The first-order valence-corrected chi connectivity index (χ1v) is 10.9. The van der Waals surface area contributed by atoms with E-state index in [4.69, 9.17) is 16.7 Å². The fourth-order valence-corrected chi connectivity index (χ4v) is 5.57. The van der Waals surface area contributed by atoms with Gasteiger partial charge in [-0.1, -0.05) is 23.0 Å². The Bertz CT molecular complexity index is 943. The number of fused-ring (bicyclic) bond motifs is 1. The molecule has 14 heteroatoms. The molecule has 0 spiro atoms. The van der Waals surface area contributed by atoms with Gasteiger partial charge >= 0.3 is 5.97 Å². The third-order valence-electron chi connectivity index (χ3n) is 3.94. The highest BCUT2D eigenvalue weighted by molar-refractivity contribution is 8.08. The average Bonchev–Trinajstić information content (AvgIpc) is 3.12. The maximum Gasteiger partial charge on any atom is 0.353 e. The molecule has 29 heavy (non-hydrogen) atoms. The summed E-state index contributed by atoms with van der Waals surface area (Å²) < 4.78 is 0. The molecule has 0 bridgehead atoms. The van der Waals surface area contributed by atoms with Crippen LogP contribution in [0.1, 0.15) is 5.69 Å². The van der Waals surface area contributed by atoms with Crippen LogP contribution in [0.3, 0.4) is 0 Å². The van der Waals surface area contributed by atoms with E-state index < -0.39 is 29.2 Å². The number of nitrogens with zero attached hydrogens (tertiary/aromatic N) is 3. The van der Waals surface area contributed by atoms with Gasteiger partial charge < -0.3 is 27.1 Å². The Morgan fingerprint density at radius 1 is 1.52 bits per heavy atom. The maximum atomic E-state index is 12.6. The first-order chi connectivity index (χ1) is 13.9. The topological polar surface area (TPSA) is 184 Å². The summed E-state index contributed by atoms with van der Waals surface area (Å²) in [6.45, 7) is 0.314. The number of carboxylic acids is 1. The number of anilines is 1. The van der Waals surface area contributed by atoms with Crippen molar-refractivity contribution >= 4 is 63.5 Å². The number of aliphatic carboxylic acids is 1. The Kier molecular flexibility index (Phi) is 6.46. The lowest BCUT2D eigenvalue weighted by Crippen LogP contribution is -2.71. The number of carboxylic acid groups (broad SMARTS) is 1. The molecule has 2 amide bonds. The molecule has 154 valence electrons. The van der Waals surface area contributed by atoms with Crippen LogP contribution in [-0.4, -0.2) is 67.4 Å². The lowest BCUT2D eigenvalue weighted by molar-refractivity contribution is -0.150. The van der Waals surface area contributed by atoms with Crippen LogP contribution in [0.2, 0.25) is 0 Å². The zero-order valence-electron chi connectivity index (χ0n) is 14.6. The largest absolute Gasteiger partial charge is 0.477 e. The summed E-state index contributed by atoms with van der Waals surface area (Å²) in [5, 5.41) is 26.9. The van der Waals surface area contributed by atoms with Crippen molar-refractivity contribution in [2.24, 2.45) is 10.9 Å². The maximum absolute atomic E-state index is 12.6. The van der Waals surface area contributed by atoms with E-state index in [1.165, 1.54) is 28.9 Å². The molecule has 1 saturated heterocycles. The third kappa shape index (κ3) is 4.10. The van der Waals surface area contributed by atoms with Crippen molar-refractivity contribution in [3.63, 3.8) is 0 Å². The smallest absolute Gasteiger partial charge is 0.353 e. The molecular formula is C15H16N6O5S3. The second-order valence-electron chi connectivity index (χ2n) is 5.68. The summed E-state index contributed by atoms with van der Waals surface area (Å²) in [5.41, 5.74) is 10.5. The summed E-state index contributed by atoms with van der Waals surface area (Å²) in [5.74, 6) is -2.26. The molecule has 1 unspecified atom stereocenters. The van der Waals surface area contributed by atoms with E-state index in [0.717, 1.165) is 16.2 Å². The minimum absolute atomic E-state index is 0.0731. The SMILES string of the molecule is NC/C=C/SC1=C(C(=O)O)N2C(=O)C(NC(=O)/C(=N\O)c3csc(N)n3)[C@H]2SC1. The van der Waals surface area contributed by atoms with Crippen molar-refractivity contribution in [2.45, 2.75) is 11.4 Å². The highest BCUT2D eigenvalue weighted by atomic mass is 32.2. The molecule has 2 aliphatic heterocycles. The third-order valence-corrected chi connectivity index (χ3v) is 7.03. The number of hydrogen-bond donors (Lipinski definition) is 5. The van der Waals surface area contributed by atoms with Crippen molar-refractivity contribution in [2.75, 3.05) is 18.0 Å². The molecule has 0 aliphatic carbocycles. The van der Waals surface area contributed by atoms with Crippen molar-refractivity contribution in [1.29, 1.82) is 0 Å². The van der Waals surface area contributed by atoms with Gasteiger partial charge in [-0.3, -0.25) is 14.5 Å². The molecule has 3 heterocycles. The number of carbonyl (C=O) groups excluding carboxylic acids is 2. The van der Waals surface area contributed by atoms with Gasteiger partial charge in [-0.05, 0) is 5.41 Å². The number of nitrogens with one attached hydrogen (secondary N) is 1. The van der Waals surface area contributed by atoms with Gasteiger partial charge in [-0.2, -0.15) is 0 Å². The molecule has 1 aromatic rings. The van der Waals surface area contributed by atoms with Gasteiger partial charge in [0.15, 0.2) is 10.8 Å². The molecule has 3 rings (SSSR count). The van der Waals surface area contributed by atoms with E-state index in [2.05, 4.69) is 15.5 Å². The Labute approximate surface area is 176 Å². The number of nitrogen functional groups attached to an aromatic ring is 1. The second-order valence-corrected chi connectivity index (χ2v) is 8.68. The van der Waals surface area contributed by atoms with Crippen molar-refractivity contribution in [3.8, 4) is 0 Å². The van der Waals surface area contributed by atoms with Crippen LogP contribution in [0.25, 0.3) is 0 Å². The van der Waals surface area contributed by atoms with E-state index >= 15 is 0 Å². The molecule has 0 saturated carbocycles. The minimum Gasteiger partial charge on any atom is -0.477 e. The predicted molar refractivity (Wildman–Crippen MR) is 110 cm³/mol. The number of thioether (sulfide) groups is 2. The van der Waals surface area contributed by atoms with Crippen LogP contribution in [0.5, 0.6) is 0 Å². The van der Waals surface area contributed by atoms with Gasteiger partial charge in [-0.25, -0.2) is 9.78 Å². The molecule has 11 nitrogen and oxygen atoms in total. The zero-order valence-corrected chi connectivity index (χ0v) is 17.1. The number of thiazole rings is 1. The summed E-state index contributed by atoms with van der Waals surface area (Å²) >= 11 is 3.57. The number of amides is 2. The quantitative estimate of drug-likeness (QED) is 0.159. The van der Waals surface area contributed by atoms with Gasteiger partial charge in [0.05, 0.1) is 0 Å². The lowest BCUT2D eigenvalue weighted by Gasteiger charge is -2.49. The van der Waals surface area contributed by atoms with E-state index in [9.17, 15) is 19.5 Å². The molecule has 1 aromatic heterocycles. The minimum atomic E-state index is -1.23.